The summed E-state index contributed by atoms with van der Waals surface area (Å²) in [5.41, 5.74) is 5.21. The van der Waals surface area contributed by atoms with E-state index in [1.165, 1.54) is 16.8 Å². The van der Waals surface area contributed by atoms with E-state index in [9.17, 15) is 0 Å². The fourth-order valence-corrected chi connectivity index (χ4v) is 3.49. The first-order chi connectivity index (χ1) is 13.2. The van der Waals surface area contributed by atoms with Crippen LogP contribution >= 0.6 is 24.0 Å². The van der Waals surface area contributed by atoms with E-state index in [-0.39, 0.29) is 24.0 Å². The highest BCUT2D eigenvalue weighted by atomic mass is 127. The summed E-state index contributed by atoms with van der Waals surface area (Å²) in [7, 11) is 0. The van der Waals surface area contributed by atoms with Gasteiger partial charge in [-0.1, -0.05) is 18.2 Å². The van der Waals surface area contributed by atoms with Crippen molar-refractivity contribution in [1.29, 1.82) is 0 Å². The van der Waals surface area contributed by atoms with Crippen LogP contribution in [0.25, 0.3) is 0 Å². The number of aliphatic imine (C=N–C) groups is 1. The summed E-state index contributed by atoms with van der Waals surface area (Å²) in [6, 6.07) is 12.6. The quantitative estimate of drug-likeness (QED) is 0.393. The van der Waals surface area contributed by atoms with Crippen LogP contribution in [0.2, 0.25) is 0 Å². The number of hydrogen-bond donors (Lipinski definition) is 1. The minimum Gasteiger partial charge on any atom is -0.368 e. The maximum atomic E-state index is 4.83. The Labute approximate surface area is 186 Å². The van der Waals surface area contributed by atoms with Gasteiger partial charge in [0.1, 0.15) is 0 Å². The van der Waals surface area contributed by atoms with Gasteiger partial charge in [-0.15, -0.1) is 24.0 Å². The van der Waals surface area contributed by atoms with Crippen LogP contribution in [0.5, 0.6) is 0 Å². The third-order valence-corrected chi connectivity index (χ3v) is 5.19. The molecule has 2 aromatic rings. The number of rotatable bonds is 5. The van der Waals surface area contributed by atoms with E-state index < -0.39 is 0 Å². The molecular weight excluding hydrogens is 461 g/mol. The van der Waals surface area contributed by atoms with Crippen LogP contribution < -0.4 is 10.2 Å². The summed E-state index contributed by atoms with van der Waals surface area (Å²) < 4.78 is 0. The van der Waals surface area contributed by atoms with Crippen LogP contribution in [0, 0.1) is 13.8 Å². The van der Waals surface area contributed by atoms with Crippen molar-refractivity contribution in [1.82, 2.24) is 15.2 Å². The van der Waals surface area contributed by atoms with Crippen molar-refractivity contribution in [2.24, 2.45) is 4.99 Å². The summed E-state index contributed by atoms with van der Waals surface area (Å²) >= 11 is 0. The molecule has 28 heavy (non-hydrogen) atoms. The molecule has 1 N–H and O–H groups in total. The molecule has 0 atom stereocenters. The Morgan fingerprint density at radius 2 is 1.86 bits per heavy atom. The number of nitrogens with one attached hydrogen (secondary N) is 1. The van der Waals surface area contributed by atoms with E-state index in [1.807, 2.05) is 18.3 Å². The Morgan fingerprint density at radius 3 is 2.54 bits per heavy atom. The molecular formula is C22H32IN5. The number of nitrogens with zero attached hydrogens (tertiary/aromatic N) is 4. The molecule has 0 radical (unpaired) electrons. The molecule has 1 aromatic heterocycles. The van der Waals surface area contributed by atoms with Crippen molar-refractivity contribution < 1.29 is 0 Å². The first-order valence-corrected chi connectivity index (χ1v) is 9.93. The number of benzene rings is 1. The molecule has 1 aliphatic heterocycles. The number of halogens is 1. The van der Waals surface area contributed by atoms with Crippen molar-refractivity contribution in [2.45, 2.75) is 27.2 Å². The molecule has 5 nitrogen and oxygen atoms in total. The SMILES string of the molecule is CCNC(=NCCc1ccccn1)N1CCN(c2cccc(C)c2C)CC1.I. The predicted molar refractivity (Wildman–Crippen MR) is 129 cm³/mol. The minimum absolute atomic E-state index is 0. The van der Waals surface area contributed by atoms with Gasteiger partial charge in [-0.25, -0.2) is 0 Å². The maximum absolute atomic E-state index is 4.83. The van der Waals surface area contributed by atoms with Crippen LogP contribution in [0.3, 0.4) is 0 Å². The normalized spacial score (nSPS) is 14.6. The highest BCUT2D eigenvalue weighted by Crippen LogP contribution is 2.23. The van der Waals surface area contributed by atoms with Crippen LogP contribution in [-0.4, -0.2) is 55.1 Å². The second-order valence-corrected chi connectivity index (χ2v) is 7.00. The van der Waals surface area contributed by atoms with E-state index in [0.29, 0.717) is 0 Å². The van der Waals surface area contributed by atoms with Crippen molar-refractivity contribution in [3.05, 3.63) is 59.4 Å². The predicted octanol–water partition coefficient (Wildman–Crippen LogP) is 3.65. The summed E-state index contributed by atoms with van der Waals surface area (Å²) in [5.74, 6) is 1.02. The topological polar surface area (TPSA) is 43.8 Å². The molecule has 0 amide bonds. The number of aryl methyl sites for hydroxylation is 1. The van der Waals surface area contributed by atoms with Crippen LogP contribution in [0.4, 0.5) is 5.69 Å². The lowest BCUT2D eigenvalue weighted by Gasteiger charge is -2.38. The molecule has 1 aromatic carbocycles. The van der Waals surface area contributed by atoms with Gasteiger partial charge < -0.3 is 15.1 Å². The molecule has 2 heterocycles. The van der Waals surface area contributed by atoms with Gasteiger partial charge in [0.2, 0.25) is 0 Å². The zero-order valence-corrected chi connectivity index (χ0v) is 19.5. The fourth-order valence-electron chi connectivity index (χ4n) is 3.49. The van der Waals surface area contributed by atoms with Crippen molar-refractivity contribution >= 4 is 35.6 Å². The Bertz CT molecular complexity index is 755. The zero-order valence-electron chi connectivity index (χ0n) is 17.2. The first-order valence-electron chi connectivity index (χ1n) is 9.93. The van der Waals surface area contributed by atoms with Gasteiger partial charge in [0, 0.05) is 63.3 Å². The molecule has 0 spiro atoms. The Morgan fingerprint density at radius 1 is 1.07 bits per heavy atom. The second-order valence-electron chi connectivity index (χ2n) is 7.00. The summed E-state index contributed by atoms with van der Waals surface area (Å²) in [6.07, 6.45) is 2.72. The van der Waals surface area contributed by atoms with Gasteiger partial charge in [-0.3, -0.25) is 9.98 Å². The van der Waals surface area contributed by atoms with E-state index in [0.717, 1.165) is 57.3 Å². The lowest BCUT2D eigenvalue weighted by Crippen LogP contribution is -2.52. The summed E-state index contributed by atoms with van der Waals surface area (Å²) in [4.78, 5) is 14.1. The largest absolute Gasteiger partial charge is 0.368 e. The van der Waals surface area contributed by atoms with Crippen LogP contribution in [0.1, 0.15) is 23.7 Å². The maximum Gasteiger partial charge on any atom is 0.194 e. The summed E-state index contributed by atoms with van der Waals surface area (Å²) in [5, 5.41) is 3.45. The Hall–Kier alpha value is -1.83. The van der Waals surface area contributed by atoms with Gasteiger partial charge >= 0.3 is 0 Å². The first kappa shape index (κ1) is 22.5. The number of aromatic nitrogens is 1. The van der Waals surface area contributed by atoms with Gasteiger partial charge in [0.15, 0.2) is 5.96 Å². The minimum atomic E-state index is 0. The monoisotopic (exact) mass is 493 g/mol. The zero-order chi connectivity index (χ0) is 19.1. The number of hydrogen-bond acceptors (Lipinski definition) is 3. The third kappa shape index (κ3) is 5.83. The van der Waals surface area contributed by atoms with E-state index >= 15 is 0 Å². The lowest BCUT2D eigenvalue weighted by atomic mass is 10.1. The number of pyridine rings is 1. The van der Waals surface area contributed by atoms with Crippen molar-refractivity contribution in [2.75, 3.05) is 44.2 Å². The van der Waals surface area contributed by atoms with Gasteiger partial charge in [0.25, 0.3) is 0 Å². The number of anilines is 1. The molecule has 0 bridgehead atoms. The standard InChI is InChI=1S/C22H31N5.HI/c1-4-23-22(25-13-11-20-9-5-6-12-24-20)27-16-14-26(15-17-27)21-10-7-8-18(2)19(21)3;/h5-10,12H,4,11,13-17H2,1-3H3,(H,23,25);1H. The molecule has 0 aliphatic carbocycles. The highest BCUT2D eigenvalue weighted by molar-refractivity contribution is 14.0. The van der Waals surface area contributed by atoms with E-state index in [4.69, 9.17) is 4.99 Å². The van der Waals surface area contributed by atoms with Crippen LogP contribution in [0.15, 0.2) is 47.6 Å². The van der Waals surface area contributed by atoms with E-state index in [2.05, 4.69) is 65.1 Å². The highest BCUT2D eigenvalue weighted by Gasteiger charge is 2.21. The number of piperazine rings is 1. The fraction of sp³-hybridized carbons (Fsp3) is 0.455. The van der Waals surface area contributed by atoms with Gasteiger partial charge in [-0.05, 0) is 50.1 Å². The molecule has 3 rings (SSSR count). The van der Waals surface area contributed by atoms with Gasteiger partial charge in [0.05, 0.1) is 0 Å². The molecule has 1 saturated heterocycles. The molecule has 1 fully saturated rings. The Kier molecular flexibility index (Phi) is 9.02. The summed E-state index contributed by atoms with van der Waals surface area (Å²) in [6.45, 7) is 12.2. The molecule has 0 unspecified atom stereocenters. The lowest BCUT2D eigenvalue weighted by molar-refractivity contribution is 0.372. The van der Waals surface area contributed by atoms with Crippen molar-refractivity contribution in [3.8, 4) is 0 Å². The molecule has 0 saturated carbocycles. The second kappa shape index (κ2) is 11.2. The van der Waals surface area contributed by atoms with Crippen LogP contribution in [-0.2, 0) is 6.42 Å². The third-order valence-electron chi connectivity index (χ3n) is 5.19. The van der Waals surface area contributed by atoms with Crippen molar-refractivity contribution in [3.63, 3.8) is 0 Å². The average Bonchev–Trinajstić information content (AvgIpc) is 2.70. The van der Waals surface area contributed by atoms with Gasteiger partial charge in [-0.2, -0.15) is 0 Å². The average molecular weight is 493 g/mol. The smallest absolute Gasteiger partial charge is 0.194 e. The Balaban J connectivity index is 0.00000280. The van der Waals surface area contributed by atoms with E-state index in [1.54, 1.807) is 0 Å². The molecule has 6 heteroatoms. The molecule has 1 aliphatic rings. The number of guanidine groups is 1. The molecule has 152 valence electrons.